The largest absolute Gasteiger partial charge is 0.497 e. The van der Waals surface area contributed by atoms with Crippen molar-refractivity contribution in [3.63, 3.8) is 0 Å². The van der Waals surface area contributed by atoms with E-state index in [1.807, 2.05) is 24.4 Å². The molecule has 0 bridgehead atoms. The number of hydrogen-bond donors (Lipinski definition) is 0. The highest BCUT2D eigenvalue weighted by molar-refractivity contribution is 5.98. The smallest absolute Gasteiger partial charge is 0.128 e. The van der Waals surface area contributed by atoms with Gasteiger partial charge in [0, 0.05) is 48.4 Å². The number of nitrogens with zero attached hydrogens (tertiary/aromatic N) is 3. The van der Waals surface area contributed by atoms with Crippen molar-refractivity contribution in [1.82, 2.24) is 9.97 Å². The summed E-state index contributed by atoms with van der Waals surface area (Å²) in [5.74, 6) is 3.37. The van der Waals surface area contributed by atoms with Crippen molar-refractivity contribution >= 4 is 16.5 Å². The SMILES string of the molecule is COc1cc(CCCc2nccc(-c3cc(N4CCCCC4)c4cc(OC)ccc4c3)n2)cc(OC)c1. The Bertz CT molecular complexity index is 1340. The highest BCUT2D eigenvalue weighted by Crippen LogP contribution is 2.36. The summed E-state index contributed by atoms with van der Waals surface area (Å²) in [6, 6.07) is 18.9. The molecule has 1 aliphatic rings. The maximum Gasteiger partial charge on any atom is 0.128 e. The number of fused-ring (bicyclic) bond motifs is 1. The first-order valence-corrected chi connectivity index (χ1v) is 13.1. The van der Waals surface area contributed by atoms with E-state index in [9.17, 15) is 0 Å². The van der Waals surface area contributed by atoms with Crippen molar-refractivity contribution in [3.8, 4) is 28.5 Å². The Kier molecular flexibility index (Phi) is 7.73. The zero-order valence-electron chi connectivity index (χ0n) is 22.0. The van der Waals surface area contributed by atoms with E-state index < -0.39 is 0 Å². The summed E-state index contributed by atoms with van der Waals surface area (Å²) >= 11 is 0. The summed E-state index contributed by atoms with van der Waals surface area (Å²) in [6.45, 7) is 2.17. The number of methoxy groups -OCH3 is 3. The molecular weight excluding hydrogens is 462 g/mol. The summed E-state index contributed by atoms with van der Waals surface area (Å²) in [6.07, 6.45) is 8.28. The van der Waals surface area contributed by atoms with Gasteiger partial charge in [-0.1, -0.05) is 6.07 Å². The van der Waals surface area contributed by atoms with Crippen LogP contribution in [0.1, 0.15) is 37.1 Å². The monoisotopic (exact) mass is 497 g/mol. The standard InChI is InChI=1S/C31H35N3O3/c1-35-25-11-10-23-18-24(19-30(28(23)21-25)34-14-5-4-6-15-34)29-12-13-32-31(33-29)9-7-8-22-16-26(36-2)20-27(17-22)37-3/h10-13,16-21H,4-9,14-15H2,1-3H3. The van der Waals surface area contributed by atoms with E-state index in [0.717, 1.165) is 66.7 Å². The number of ether oxygens (including phenoxy) is 3. The molecule has 3 aromatic carbocycles. The molecule has 0 saturated carbocycles. The van der Waals surface area contributed by atoms with Crippen LogP contribution < -0.4 is 19.1 Å². The van der Waals surface area contributed by atoms with Crippen molar-refractivity contribution in [2.75, 3.05) is 39.3 Å². The molecule has 0 atom stereocenters. The number of anilines is 1. The van der Waals surface area contributed by atoms with Crippen LogP contribution in [-0.4, -0.2) is 44.4 Å². The van der Waals surface area contributed by atoms with Crippen LogP contribution >= 0.6 is 0 Å². The van der Waals surface area contributed by atoms with Gasteiger partial charge in [-0.2, -0.15) is 0 Å². The Morgan fingerprint density at radius 2 is 1.51 bits per heavy atom. The number of piperidine rings is 1. The van der Waals surface area contributed by atoms with Gasteiger partial charge in [0.15, 0.2) is 0 Å². The van der Waals surface area contributed by atoms with Crippen molar-refractivity contribution in [1.29, 1.82) is 0 Å². The van der Waals surface area contributed by atoms with Gasteiger partial charge in [-0.15, -0.1) is 0 Å². The highest BCUT2D eigenvalue weighted by atomic mass is 16.5. The minimum atomic E-state index is 0.803. The first kappa shape index (κ1) is 24.9. The number of benzene rings is 3. The molecule has 5 rings (SSSR count). The quantitative estimate of drug-likeness (QED) is 0.264. The predicted octanol–water partition coefficient (Wildman–Crippen LogP) is 6.49. The zero-order valence-corrected chi connectivity index (χ0v) is 22.0. The molecule has 0 amide bonds. The van der Waals surface area contributed by atoms with Crippen LogP contribution in [0.3, 0.4) is 0 Å². The van der Waals surface area contributed by atoms with Gasteiger partial charge in [-0.25, -0.2) is 9.97 Å². The van der Waals surface area contributed by atoms with Crippen LogP contribution in [0.15, 0.2) is 60.8 Å². The lowest BCUT2D eigenvalue weighted by Crippen LogP contribution is -2.29. The van der Waals surface area contributed by atoms with Crippen LogP contribution in [0, 0.1) is 0 Å². The minimum absolute atomic E-state index is 0.803. The maximum absolute atomic E-state index is 5.54. The molecule has 0 radical (unpaired) electrons. The lowest BCUT2D eigenvalue weighted by molar-refractivity contribution is 0.393. The van der Waals surface area contributed by atoms with Gasteiger partial charge < -0.3 is 19.1 Å². The summed E-state index contributed by atoms with van der Waals surface area (Å²) in [7, 11) is 5.08. The van der Waals surface area contributed by atoms with Gasteiger partial charge in [0.25, 0.3) is 0 Å². The summed E-state index contributed by atoms with van der Waals surface area (Å²) in [5.41, 5.74) is 4.53. The van der Waals surface area contributed by atoms with Gasteiger partial charge in [0.05, 0.1) is 27.0 Å². The molecular formula is C31H35N3O3. The Hall–Kier alpha value is -3.80. The van der Waals surface area contributed by atoms with E-state index in [2.05, 4.69) is 46.3 Å². The molecule has 2 heterocycles. The van der Waals surface area contributed by atoms with Crippen LogP contribution in [0.2, 0.25) is 0 Å². The van der Waals surface area contributed by atoms with Crippen LogP contribution in [0.5, 0.6) is 17.2 Å². The zero-order chi connectivity index (χ0) is 25.6. The Morgan fingerprint density at radius 3 is 2.24 bits per heavy atom. The molecule has 6 nitrogen and oxygen atoms in total. The molecule has 192 valence electrons. The molecule has 1 saturated heterocycles. The van der Waals surface area contributed by atoms with Gasteiger partial charge >= 0.3 is 0 Å². The number of aromatic nitrogens is 2. The minimum Gasteiger partial charge on any atom is -0.497 e. The molecule has 0 aliphatic carbocycles. The highest BCUT2D eigenvalue weighted by Gasteiger charge is 2.17. The van der Waals surface area contributed by atoms with Gasteiger partial charge in [-0.05, 0) is 85.5 Å². The second-order valence-corrected chi connectivity index (χ2v) is 9.56. The summed E-state index contributed by atoms with van der Waals surface area (Å²) < 4.78 is 16.4. The average Bonchev–Trinajstić information content (AvgIpc) is 2.96. The molecule has 1 fully saturated rings. The molecule has 4 aromatic rings. The van der Waals surface area contributed by atoms with Crippen LogP contribution in [0.25, 0.3) is 22.0 Å². The normalized spacial score (nSPS) is 13.5. The fourth-order valence-electron chi connectivity index (χ4n) is 5.13. The summed E-state index contributed by atoms with van der Waals surface area (Å²) in [5, 5.41) is 2.43. The Balaban J connectivity index is 1.39. The van der Waals surface area contributed by atoms with E-state index >= 15 is 0 Å². The molecule has 0 N–H and O–H groups in total. The number of hydrogen-bond acceptors (Lipinski definition) is 6. The average molecular weight is 498 g/mol. The fraction of sp³-hybridized carbons (Fsp3) is 0.355. The molecule has 0 spiro atoms. The lowest BCUT2D eigenvalue weighted by Gasteiger charge is -2.30. The van der Waals surface area contributed by atoms with Crippen molar-refractivity contribution in [3.05, 3.63) is 72.2 Å². The second-order valence-electron chi connectivity index (χ2n) is 9.56. The molecule has 6 heteroatoms. The van der Waals surface area contributed by atoms with Gasteiger partial charge in [-0.3, -0.25) is 0 Å². The van der Waals surface area contributed by atoms with Gasteiger partial charge in [0.1, 0.15) is 23.1 Å². The summed E-state index contributed by atoms with van der Waals surface area (Å²) in [4.78, 5) is 12.1. The van der Waals surface area contributed by atoms with E-state index in [-0.39, 0.29) is 0 Å². The lowest BCUT2D eigenvalue weighted by atomic mass is 10.00. The fourth-order valence-corrected chi connectivity index (χ4v) is 5.13. The van der Waals surface area contributed by atoms with E-state index in [1.54, 1.807) is 21.3 Å². The Labute approximate surface area is 219 Å². The first-order valence-electron chi connectivity index (χ1n) is 13.1. The van der Waals surface area contributed by atoms with E-state index in [4.69, 9.17) is 19.2 Å². The van der Waals surface area contributed by atoms with Crippen molar-refractivity contribution in [2.45, 2.75) is 38.5 Å². The predicted molar refractivity (Wildman–Crippen MR) is 149 cm³/mol. The maximum atomic E-state index is 5.54. The topological polar surface area (TPSA) is 56.7 Å². The second kappa shape index (κ2) is 11.5. The Morgan fingerprint density at radius 1 is 0.757 bits per heavy atom. The van der Waals surface area contributed by atoms with Crippen LogP contribution in [0.4, 0.5) is 5.69 Å². The molecule has 37 heavy (non-hydrogen) atoms. The van der Waals surface area contributed by atoms with E-state index in [1.165, 1.54) is 41.3 Å². The third-order valence-corrected chi connectivity index (χ3v) is 7.11. The van der Waals surface area contributed by atoms with Crippen LogP contribution in [-0.2, 0) is 12.8 Å². The number of aryl methyl sites for hydroxylation is 2. The third-order valence-electron chi connectivity index (χ3n) is 7.11. The first-order chi connectivity index (χ1) is 18.2. The van der Waals surface area contributed by atoms with Gasteiger partial charge in [0.2, 0.25) is 0 Å². The van der Waals surface area contributed by atoms with Crippen molar-refractivity contribution in [2.24, 2.45) is 0 Å². The number of rotatable bonds is 9. The van der Waals surface area contributed by atoms with E-state index in [0.29, 0.717) is 0 Å². The van der Waals surface area contributed by atoms with Crippen molar-refractivity contribution < 1.29 is 14.2 Å². The molecule has 0 unspecified atom stereocenters. The third kappa shape index (κ3) is 5.79. The molecule has 1 aromatic heterocycles. The molecule has 1 aliphatic heterocycles.